The van der Waals surface area contributed by atoms with Crippen LogP contribution in [0.5, 0.6) is 0 Å². The molecule has 0 aliphatic heterocycles. The van der Waals surface area contributed by atoms with Crippen molar-refractivity contribution < 1.29 is 0 Å². The molecule has 0 aliphatic rings. The molecule has 0 rings (SSSR count). The first-order valence-electron chi connectivity index (χ1n) is 3.78. The molecule has 0 radical (unpaired) electrons. The quantitative estimate of drug-likeness (QED) is 0.677. The molecule has 0 atom stereocenters. The van der Waals surface area contributed by atoms with Crippen LogP contribution >= 0.6 is 11.8 Å². The van der Waals surface area contributed by atoms with Crippen molar-refractivity contribution in [2.24, 2.45) is 5.73 Å². The molecule has 0 heterocycles. The highest BCUT2D eigenvalue weighted by molar-refractivity contribution is 7.99. The minimum Gasteiger partial charge on any atom is -0.326 e. The summed E-state index contributed by atoms with van der Waals surface area (Å²) in [6, 6.07) is 0. The van der Waals surface area contributed by atoms with E-state index in [9.17, 15) is 0 Å². The second-order valence-corrected chi connectivity index (χ2v) is 4.71. The van der Waals surface area contributed by atoms with E-state index < -0.39 is 0 Å². The topological polar surface area (TPSA) is 26.0 Å². The summed E-state index contributed by atoms with van der Waals surface area (Å²) in [5.74, 6) is 2.52. The lowest BCUT2D eigenvalue weighted by atomic mass is 10.1. The minimum atomic E-state index is 0. The first kappa shape index (κ1) is 12.9. The third kappa shape index (κ3) is 83.2. The predicted molar refractivity (Wildman–Crippen MR) is 52.6 cm³/mol. The summed E-state index contributed by atoms with van der Waals surface area (Å²) in [6.45, 7) is 10.2. The fourth-order valence-electron chi connectivity index (χ4n) is 0.204. The summed E-state index contributed by atoms with van der Waals surface area (Å²) in [5, 5.41) is 0. The van der Waals surface area contributed by atoms with Crippen molar-refractivity contribution >= 4 is 11.8 Å². The Bertz CT molecular complexity index is 48.8. The first-order chi connectivity index (χ1) is 4.41. The highest BCUT2D eigenvalue weighted by Gasteiger charge is 1.95. The number of hydrogen-bond donors (Lipinski definition) is 1. The van der Waals surface area contributed by atoms with Crippen molar-refractivity contribution in [1.29, 1.82) is 0 Å². The molecular weight excluding hydrogens is 142 g/mol. The Hall–Kier alpha value is 0.310. The van der Waals surface area contributed by atoms with Crippen molar-refractivity contribution in [3.8, 4) is 0 Å². The zero-order valence-electron chi connectivity index (χ0n) is 7.90. The van der Waals surface area contributed by atoms with Gasteiger partial charge in [-0.2, -0.15) is 11.8 Å². The maximum atomic E-state index is 5.35. The van der Waals surface area contributed by atoms with Gasteiger partial charge >= 0.3 is 0 Å². The lowest BCUT2D eigenvalue weighted by molar-refractivity contribution is 0.580. The average molecular weight is 163 g/mol. The third-order valence-electron chi connectivity index (χ3n) is 0.408. The molecule has 0 amide bonds. The molecule has 0 unspecified atom stereocenters. The molecule has 1 nitrogen and oxygen atoms in total. The van der Waals surface area contributed by atoms with Gasteiger partial charge in [-0.05, 0) is 32.3 Å². The SMILES string of the molecule is CC(C)(C)N.CCSCC. The van der Waals surface area contributed by atoms with E-state index in [2.05, 4.69) is 13.8 Å². The van der Waals surface area contributed by atoms with Crippen LogP contribution in [0.15, 0.2) is 0 Å². The first-order valence-corrected chi connectivity index (χ1v) is 4.93. The van der Waals surface area contributed by atoms with Crippen LogP contribution in [0.25, 0.3) is 0 Å². The zero-order valence-corrected chi connectivity index (χ0v) is 8.72. The molecule has 64 valence electrons. The monoisotopic (exact) mass is 163 g/mol. The molecule has 0 saturated carbocycles. The molecule has 0 aromatic heterocycles. The number of hydrogen-bond acceptors (Lipinski definition) is 2. The van der Waals surface area contributed by atoms with Gasteiger partial charge in [0.25, 0.3) is 0 Å². The van der Waals surface area contributed by atoms with Gasteiger partial charge in [0.05, 0.1) is 0 Å². The lowest BCUT2D eigenvalue weighted by Crippen LogP contribution is -2.26. The van der Waals surface area contributed by atoms with E-state index in [1.165, 1.54) is 11.5 Å². The minimum absolute atomic E-state index is 0. The molecule has 0 aliphatic carbocycles. The van der Waals surface area contributed by atoms with E-state index in [1.54, 1.807) is 0 Å². The van der Waals surface area contributed by atoms with Crippen LogP contribution in [0.4, 0.5) is 0 Å². The highest BCUT2D eigenvalue weighted by atomic mass is 32.2. The van der Waals surface area contributed by atoms with Gasteiger partial charge in [-0.1, -0.05) is 13.8 Å². The van der Waals surface area contributed by atoms with E-state index in [-0.39, 0.29) is 5.54 Å². The Morgan fingerprint density at radius 3 is 1.30 bits per heavy atom. The second kappa shape index (κ2) is 7.42. The van der Waals surface area contributed by atoms with Crippen LogP contribution in [0.1, 0.15) is 34.6 Å². The second-order valence-electron chi connectivity index (χ2n) is 3.15. The predicted octanol–water partition coefficient (Wildman–Crippen LogP) is 2.50. The van der Waals surface area contributed by atoms with Gasteiger partial charge in [-0.25, -0.2) is 0 Å². The van der Waals surface area contributed by atoms with Gasteiger partial charge in [0.2, 0.25) is 0 Å². The zero-order chi connectivity index (χ0) is 8.62. The van der Waals surface area contributed by atoms with Gasteiger partial charge in [0.1, 0.15) is 0 Å². The normalized spacial score (nSPS) is 10.2. The van der Waals surface area contributed by atoms with Gasteiger partial charge < -0.3 is 5.73 Å². The van der Waals surface area contributed by atoms with Crippen molar-refractivity contribution in [1.82, 2.24) is 0 Å². The summed E-state index contributed by atoms with van der Waals surface area (Å²) < 4.78 is 0. The van der Waals surface area contributed by atoms with Crippen LogP contribution in [0.3, 0.4) is 0 Å². The Balaban J connectivity index is 0. The molecule has 0 saturated heterocycles. The number of nitrogens with two attached hydrogens (primary N) is 1. The average Bonchev–Trinajstić information content (AvgIpc) is 1.63. The van der Waals surface area contributed by atoms with E-state index in [4.69, 9.17) is 5.73 Å². The molecule has 0 fully saturated rings. The maximum absolute atomic E-state index is 5.35. The fourth-order valence-corrected chi connectivity index (χ4v) is 0.612. The molecular formula is C8H21NS. The number of rotatable bonds is 2. The Labute approximate surface area is 69.8 Å². The standard InChI is InChI=1S/C4H11N.C4H10S/c1-4(2,3)5;1-3-5-4-2/h5H2,1-3H3;3-4H2,1-2H3. The smallest absolute Gasteiger partial charge is 0.00686 e. The lowest BCUT2D eigenvalue weighted by Gasteiger charge is -2.06. The van der Waals surface area contributed by atoms with E-state index in [0.717, 1.165) is 0 Å². The van der Waals surface area contributed by atoms with E-state index >= 15 is 0 Å². The summed E-state index contributed by atoms with van der Waals surface area (Å²) in [4.78, 5) is 0. The molecule has 2 N–H and O–H groups in total. The van der Waals surface area contributed by atoms with E-state index in [1.807, 2.05) is 32.5 Å². The maximum Gasteiger partial charge on any atom is 0.00686 e. The third-order valence-corrected chi connectivity index (χ3v) is 1.22. The molecule has 0 bridgehead atoms. The Morgan fingerprint density at radius 1 is 1.10 bits per heavy atom. The van der Waals surface area contributed by atoms with Crippen LogP contribution in [0, 0.1) is 0 Å². The van der Waals surface area contributed by atoms with E-state index in [0.29, 0.717) is 0 Å². The van der Waals surface area contributed by atoms with Crippen molar-refractivity contribution in [2.75, 3.05) is 11.5 Å². The largest absolute Gasteiger partial charge is 0.326 e. The Morgan fingerprint density at radius 2 is 1.30 bits per heavy atom. The number of thioether (sulfide) groups is 1. The van der Waals surface area contributed by atoms with Gasteiger partial charge in [0.15, 0.2) is 0 Å². The molecule has 10 heavy (non-hydrogen) atoms. The molecule has 0 aromatic rings. The Kier molecular flexibility index (Phi) is 9.60. The van der Waals surface area contributed by atoms with Gasteiger partial charge in [0, 0.05) is 5.54 Å². The highest BCUT2D eigenvalue weighted by Crippen LogP contribution is 1.93. The van der Waals surface area contributed by atoms with Crippen LogP contribution in [-0.4, -0.2) is 17.0 Å². The molecule has 0 aromatic carbocycles. The molecule has 0 spiro atoms. The summed E-state index contributed by atoms with van der Waals surface area (Å²) in [6.07, 6.45) is 0. The van der Waals surface area contributed by atoms with Crippen molar-refractivity contribution in [3.63, 3.8) is 0 Å². The van der Waals surface area contributed by atoms with Crippen molar-refractivity contribution in [2.45, 2.75) is 40.2 Å². The summed E-state index contributed by atoms with van der Waals surface area (Å²) in [7, 11) is 0. The van der Waals surface area contributed by atoms with Crippen LogP contribution in [-0.2, 0) is 0 Å². The summed E-state index contributed by atoms with van der Waals surface area (Å²) in [5.41, 5.74) is 5.35. The van der Waals surface area contributed by atoms with Gasteiger partial charge in [-0.3, -0.25) is 0 Å². The summed E-state index contributed by atoms with van der Waals surface area (Å²) >= 11 is 1.96. The van der Waals surface area contributed by atoms with Crippen molar-refractivity contribution in [3.05, 3.63) is 0 Å². The van der Waals surface area contributed by atoms with Gasteiger partial charge in [-0.15, -0.1) is 0 Å². The fraction of sp³-hybridized carbons (Fsp3) is 1.00. The molecule has 2 heteroatoms. The van der Waals surface area contributed by atoms with Crippen LogP contribution in [0.2, 0.25) is 0 Å². The van der Waals surface area contributed by atoms with Crippen LogP contribution < -0.4 is 5.73 Å².